The molecular weight excluding hydrogens is 452 g/mol. The minimum atomic E-state index is -0.316. The fourth-order valence-corrected chi connectivity index (χ4v) is 5.36. The van der Waals surface area contributed by atoms with Gasteiger partial charge in [0.05, 0.1) is 15.1 Å². The summed E-state index contributed by atoms with van der Waals surface area (Å²) in [7, 11) is 0. The molecule has 0 saturated heterocycles. The topological polar surface area (TPSA) is 76.9 Å². The van der Waals surface area contributed by atoms with Crippen LogP contribution in [0.25, 0.3) is 31.4 Å². The number of nitrogens with one attached hydrogen (secondary N) is 1. The standard InChI is InChI=1S/C25H20N4O2S2/c1-15-3-9-19-22(13-15)33-25(27-19)17-5-7-18(8-6-17)26-23(30)14-29-24(31)12-10-20(28-29)21-11-4-16(2)32-21/h3-13H,14H2,1-2H3,(H,26,30). The van der Waals surface area contributed by atoms with Gasteiger partial charge < -0.3 is 5.32 Å². The molecule has 0 aliphatic carbocycles. The molecule has 0 aliphatic heterocycles. The van der Waals surface area contributed by atoms with E-state index >= 15 is 0 Å². The van der Waals surface area contributed by atoms with E-state index in [1.165, 1.54) is 16.3 Å². The number of aryl methyl sites for hydroxylation is 2. The first-order valence-corrected chi connectivity index (χ1v) is 12.0. The predicted octanol–water partition coefficient (Wildman–Crippen LogP) is 5.50. The van der Waals surface area contributed by atoms with Crippen molar-refractivity contribution in [3.8, 4) is 21.1 Å². The number of thiophene rings is 1. The van der Waals surface area contributed by atoms with Gasteiger partial charge in [-0.2, -0.15) is 5.10 Å². The first-order chi connectivity index (χ1) is 15.9. The number of thiazole rings is 1. The lowest BCUT2D eigenvalue weighted by molar-refractivity contribution is -0.117. The van der Waals surface area contributed by atoms with E-state index in [2.05, 4.69) is 29.5 Å². The zero-order valence-corrected chi connectivity index (χ0v) is 19.7. The molecule has 5 aromatic rings. The molecule has 164 valence electrons. The molecule has 0 radical (unpaired) electrons. The Morgan fingerprint density at radius 2 is 1.79 bits per heavy atom. The maximum Gasteiger partial charge on any atom is 0.267 e. The Morgan fingerprint density at radius 3 is 2.55 bits per heavy atom. The van der Waals surface area contributed by atoms with Crippen molar-refractivity contribution in [3.05, 3.63) is 87.5 Å². The van der Waals surface area contributed by atoms with E-state index in [0.29, 0.717) is 11.4 Å². The highest BCUT2D eigenvalue weighted by Crippen LogP contribution is 2.31. The number of hydrogen-bond donors (Lipinski definition) is 1. The second kappa shape index (κ2) is 8.73. The Hall–Kier alpha value is -3.62. The maximum absolute atomic E-state index is 12.6. The molecule has 2 aromatic carbocycles. The fourth-order valence-electron chi connectivity index (χ4n) is 3.45. The predicted molar refractivity (Wildman–Crippen MR) is 135 cm³/mol. The summed E-state index contributed by atoms with van der Waals surface area (Å²) >= 11 is 3.24. The SMILES string of the molecule is Cc1ccc2nc(-c3ccc(NC(=O)Cn4nc(-c5ccc(C)s5)ccc4=O)cc3)sc2c1. The maximum atomic E-state index is 12.6. The fraction of sp³-hybridized carbons (Fsp3) is 0.120. The molecule has 0 unspecified atom stereocenters. The second-order valence-electron chi connectivity index (χ2n) is 7.74. The van der Waals surface area contributed by atoms with Crippen LogP contribution in [0.2, 0.25) is 0 Å². The molecule has 0 saturated carbocycles. The minimum absolute atomic E-state index is 0.157. The van der Waals surface area contributed by atoms with Crippen LogP contribution in [0.1, 0.15) is 10.4 Å². The van der Waals surface area contributed by atoms with E-state index < -0.39 is 0 Å². The van der Waals surface area contributed by atoms with Gasteiger partial charge in [-0.1, -0.05) is 6.07 Å². The van der Waals surface area contributed by atoms with Gasteiger partial charge in [-0.15, -0.1) is 22.7 Å². The summed E-state index contributed by atoms with van der Waals surface area (Å²) in [6.07, 6.45) is 0. The molecule has 0 atom stereocenters. The van der Waals surface area contributed by atoms with Gasteiger partial charge in [-0.05, 0) is 74.0 Å². The molecule has 0 fully saturated rings. The number of amides is 1. The van der Waals surface area contributed by atoms with Crippen LogP contribution in [0.15, 0.2) is 71.5 Å². The zero-order chi connectivity index (χ0) is 22.9. The van der Waals surface area contributed by atoms with E-state index in [4.69, 9.17) is 4.98 Å². The summed E-state index contributed by atoms with van der Waals surface area (Å²) in [5.41, 5.74) is 4.19. The highest BCUT2D eigenvalue weighted by Gasteiger charge is 2.11. The van der Waals surface area contributed by atoms with Crippen molar-refractivity contribution in [2.45, 2.75) is 20.4 Å². The van der Waals surface area contributed by atoms with Crippen LogP contribution in [0.4, 0.5) is 5.69 Å². The first-order valence-electron chi connectivity index (χ1n) is 10.4. The van der Waals surface area contributed by atoms with E-state index in [-0.39, 0.29) is 18.0 Å². The van der Waals surface area contributed by atoms with E-state index in [9.17, 15) is 9.59 Å². The molecule has 5 rings (SSSR count). The van der Waals surface area contributed by atoms with Crippen molar-refractivity contribution in [3.63, 3.8) is 0 Å². The summed E-state index contributed by atoms with van der Waals surface area (Å²) in [4.78, 5) is 31.6. The average Bonchev–Trinajstić information content (AvgIpc) is 3.41. The Kier molecular flexibility index (Phi) is 5.62. The number of carbonyl (C=O) groups excluding carboxylic acids is 1. The van der Waals surface area contributed by atoms with Crippen LogP contribution < -0.4 is 10.9 Å². The van der Waals surface area contributed by atoms with Crippen molar-refractivity contribution in [2.75, 3.05) is 5.32 Å². The van der Waals surface area contributed by atoms with Crippen LogP contribution in [-0.4, -0.2) is 20.7 Å². The van der Waals surface area contributed by atoms with Crippen LogP contribution >= 0.6 is 22.7 Å². The molecular formula is C25H20N4O2S2. The van der Waals surface area contributed by atoms with E-state index in [1.54, 1.807) is 28.7 Å². The monoisotopic (exact) mass is 472 g/mol. The molecule has 3 aromatic heterocycles. The number of anilines is 1. The van der Waals surface area contributed by atoms with Crippen LogP contribution in [0.5, 0.6) is 0 Å². The summed E-state index contributed by atoms with van der Waals surface area (Å²) in [6, 6.07) is 20.9. The van der Waals surface area contributed by atoms with Gasteiger partial charge in [-0.3, -0.25) is 9.59 Å². The number of hydrogen-bond acceptors (Lipinski definition) is 6. The Balaban J connectivity index is 1.29. The average molecular weight is 473 g/mol. The molecule has 6 nitrogen and oxygen atoms in total. The van der Waals surface area contributed by atoms with Crippen LogP contribution in [0.3, 0.4) is 0 Å². The van der Waals surface area contributed by atoms with E-state index in [0.717, 1.165) is 30.5 Å². The summed E-state index contributed by atoms with van der Waals surface area (Å²) in [6.45, 7) is 3.93. The number of nitrogens with zero attached hydrogens (tertiary/aromatic N) is 3. The van der Waals surface area contributed by atoms with Crippen molar-refractivity contribution in [1.29, 1.82) is 0 Å². The summed E-state index contributed by atoms with van der Waals surface area (Å²) in [5.74, 6) is -0.313. The van der Waals surface area contributed by atoms with E-state index in [1.807, 2.05) is 49.4 Å². The van der Waals surface area contributed by atoms with Gasteiger partial charge in [0.2, 0.25) is 5.91 Å². The Labute approximate surface area is 198 Å². The Bertz CT molecular complexity index is 1530. The molecule has 1 N–H and O–H groups in total. The van der Waals surface area contributed by atoms with Gasteiger partial charge in [-0.25, -0.2) is 9.67 Å². The van der Waals surface area contributed by atoms with Crippen molar-refractivity contribution in [1.82, 2.24) is 14.8 Å². The lowest BCUT2D eigenvalue weighted by atomic mass is 10.2. The van der Waals surface area contributed by atoms with Gasteiger partial charge in [0, 0.05) is 22.2 Å². The highest BCUT2D eigenvalue weighted by molar-refractivity contribution is 7.21. The minimum Gasteiger partial charge on any atom is -0.324 e. The van der Waals surface area contributed by atoms with Crippen LogP contribution in [-0.2, 0) is 11.3 Å². The third-order valence-corrected chi connectivity index (χ3v) is 7.20. The van der Waals surface area contributed by atoms with Crippen molar-refractivity contribution >= 4 is 44.5 Å². The lowest BCUT2D eigenvalue weighted by Gasteiger charge is -2.08. The number of fused-ring (bicyclic) bond motifs is 1. The zero-order valence-electron chi connectivity index (χ0n) is 18.0. The van der Waals surface area contributed by atoms with Crippen molar-refractivity contribution < 1.29 is 4.79 Å². The second-order valence-corrected chi connectivity index (χ2v) is 10.1. The molecule has 0 aliphatic rings. The number of carbonyl (C=O) groups is 1. The number of aromatic nitrogens is 3. The summed E-state index contributed by atoms with van der Waals surface area (Å²) in [5, 5.41) is 8.14. The third-order valence-electron chi connectivity index (χ3n) is 5.11. The largest absolute Gasteiger partial charge is 0.324 e. The molecule has 33 heavy (non-hydrogen) atoms. The van der Waals surface area contributed by atoms with Gasteiger partial charge in [0.15, 0.2) is 0 Å². The molecule has 0 spiro atoms. The van der Waals surface area contributed by atoms with Gasteiger partial charge >= 0.3 is 0 Å². The molecule has 8 heteroatoms. The number of rotatable bonds is 5. The number of benzene rings is 2. The smallest absolute Gasteiger partial charge is 0.267 e. The molecule has 3 heterocycles. The molecule has 0 bridgehead atoms. The molecule has 1 amide bonds. The summed E-state index contributed by atoms with van der Waals surface area (Å²) < 4.78 is 2.34. The van der Waals surface area contributed by atoms with Crippen LogP contribution in [0, 0.1) is 13.8 Å². The highest BCUT2D eigenvalue weighted by atomic mass is 32.1. The normalized spacial score (nSPS) is 11.1. The quantitative estimate of drug-likeness (QED) is 0.366. The van der Waals surface area contributed by atoms with Gasteiger partial charge in [0.1, 0.15) is 17.2 Å². The third kappa shape index (κ3) is 4.62. The first kappa shape index (κ1) is 21.2. The van der Waals surface area contributed by atoms with Gasteiger partial charge in [0.25, 0.3) is 5.56 Å². The Morgan fingerprint density at radius 1 is 0.970 bits per heavy atom. The lowest BCUT2D eigenvalue weighted by Crippen LogP contribution is -2.29. The van der Waals surface area contributed by atoms with Crippen molar-refractivity contribution in [2.24, 2.45) is 0 Å².